The van der Waals surface area contributed by atoms with Crippen LogP contribution in [-0.4, -0.2) is 9.97 Å². The Kier molecular flexibility index (Phi) is 4.79. The second kappa shape index (κ2) is 6.74. The molecule has 1 aromatic carbocycles. The van der Waals surface area contributed by atoms with E-state index in [0.29, 0.717) is 11.0 Å². The minimum absolute atomic E-state index is 0.0826. The van der Waals surface area contributed by atoms with Gasteiger partial charge in [-0.1, -0.05) is 0 Å². The minimum atomic E-state index is 0.0826. The highest BCUT2D eigenvalue weighted by Crippen LogP contribution is 2.47. The molecule has 3 aromatic heterocycles. The molecule has 0 aliphatic carbocycles. The van der Waals surface area contributed by atoms with Gasteiger partial charge in [-0.15, -0.1) is 22.7 Å². The molecule has 0 saturated heterocycles. The van der Waals surface area contributed by atoms with Gasteiger partial charge in [0.15, 0.2) is 11.4 Å². The Morgan fingerprint density at radius 2 is 1.25 bits per heavy atom. The summed E-state index contributed by atoms with van der Waals surface area (Å²) < 4.78 is 4.70. The maximum absolute atomic E-state index is 9.28. The van der Waals surface area contributed by atoms with E-state index in [0.717, 1.165) is 10.8 Å². The molecular weight excluding hydrogens is 606 g/mol. The molecule has 0 amide bonds. The highest BCUT2D eigenvalue weighted by molar-refractivity contribution is 14.2. The Morgan fingerprint density at radius 3 is 1.58 bits per heavy atom. The lowest BCUT2D eigenvalue weighted by Gasteiger charge is -2.03. The number of thiophene rings is 2. The molecule has 0 radical (unpaired) electrons. The van der Waals surface area contributed by atoms with Gasteiger partial charge in [0.2, 0.25) is 0 Å². The van der Waals surface area contributed by atoms with E-state index in [-0.39, 0.29) is 11.4 Å². The Balaban J connectivity index is 2.30. The van der Waals surface area contributed by atoms with Crippen molar-refractivity contribution in [2.24, 2.45) is 0 Å². The summed E-state index contributed by atoms with van der Waals surface area (Å²) in [5, 5.41) is 20.6. The van der Waals surface area contributed by atoms with Crippen molar-refractivity contribution >= 4 is 114 Å². The molecule has 0 aliphatic heterocycles. The van der Waals surface area contributed by atoms with E-state index < -0.39 is 0 Å². The average molecular weight is 608 g/mol. The van der Waals surface area contributed by atoms with Gasteiger partial charge in [0.05, 0.1) is 28.9 Å². The zero-order chi connectivity index (χ0) is 16.8. The summed E-state index contributed by atoms with van der Waals surface area (Å²) in [4.78, 5) is 8.94. The number of nitrogens with zero attached hydrogens (tertiary/aromatic N) is 4. The monoisotopic (exact) mass is 608 g/mol. The van der Waals surface area contributed by atoms with E-state index in [4.69, 9.17) is 0 Å². The Bertz CT molecular complexity index is 1120. The number of halogens is 2. The molecular formula is C14H2I2N4S4. The van der Waals surface area contributed by atoms with Crippen LogP contribution in [0.5, 0.6) is 0 Å². The van der Waals surface area contributed by atoms with Gasteiger partial charge in [0, 0.05) is 53.2 Å². The summed E-state index contributed by atoms with van der Waals surface area (Å²) in [5.41, 5.74) is 1.56. The van der Waals surface area contributed by atoms with Crippen LogP contribution in [0.2, 0.25) is 0 Å². The molecule has 0 atom stereocenters. The van der Waals surface area contributed by atoms with Crippen LogP contribution in [0.15, 0.2) is 20.6 Å². The molecule has 0 fully saturated rings. The van der Waals surface area contributed by atoms with E-state index in [1.54, 1.807) is 40.5 Å². The van der Waals surface area contributed by atoms with E-state index in [9.17, 15) is 10.5 Å². The summed E-state index contributed by atoms with van der Waals surface area (Å²) in [6.07, 6.45) is 0. The third kappa shape index (κ3) is 2.59. The maximum Gasteiger partial charge on any atom is 0.177 e. The highest BCUT2D eigenvalue weighted by atomic mass is 127. The van der Waals surface area contributed by atoms with Gasteiger partial charge < -0.3 is 0 Å². The standard InChI is InChI=1S/C14H2I2N4S4/c15-23-9-1-5-11-12(20-8(4-18)7(3-17)19-11)6-2-10(24-16)22-14(6)13(5)21-9/h1-2H. The quantitative estimate of drug-likeness (QED) is 0.237. The molecule has 0 N–H and O–H groups in total. The molecule has 24 heavy (non-hydrogen) atoms. The van der Waals surface area contributed by atoms with Gasteiger partial charge in [0.25, 0.3) is 0 Å². The summed E-state index contributed by atoms with van der Waals surface area (Å²) in [5.74, 6) is 0. The molecule has 0 spiro atoms. The number of aromatic nitrogens is 2. The fourth-order valence-electron chi connectivity index (χ4n) is 2.47. The molecule has 3 heterocycles. The van der Waals surface area contributed by atoms with E-state index >= 15 is 0 Å². The third-order valence-corrected chi connectivity index (χ3v) is 11.6. The van der Waals surface area contributed by atoms with Crippen molar-refractivity contribution in [3.63, 3.8) is 0 Å². The van der Waals surface area contributed by atoms with E-state index in [1.165, 1.54) is 17.8 Å². The first-order valence-electron chi connectivity index (χ1n) is 6.28. The van der Waals surface area contributed by atoms with Gasteiger partial charge >= 0.3 is 0 Å². The first kappa shape index (κ1) is 17.1. The summed E-state index contributed by atoms with van der Waals surface area (Å²) in [6, 6.07) is 8.16. The van der Waals surface area contributed by atoms with Crippen molar-refractivity contribution in [1.29, 1.82) is 10.5 Å². The lowest BCUT2D eigenvalue weighted by molar-refractivity contribution is 1.21. The number of hydrogen-bond acceptors (Lipinski definition) is 8. The van der Waals surface area contributed by atoms with E-state index in [1.807, 2.05) is 12.1 Å². The normalized spacial score (nSPS) is 11.2. The number of rotatable bonds is 2. The van der Waals surface area contributed by atoms with Crippen molar-refractivity contribution in [3.05, 3.63) is 23.5 Å². The van der Waals surface area contributed by atoms with Gasteiger partial charge in [-0.3, -0.25) is 0 Å². The molecule has 116 valence electrons. The lowest BCUT2D eigenvalue weighted by Crippen LogP contribution is -1.96. The van der Waals surface area contributed by atoms with Gasteiger partial charge in [-0.25, -0.2) is 9.97 Å². The molecule has 0 bridgehead atoms. The SMILES string of the molecule is N#Cc1nc2c3cc(SI)sc3c3sc(SI)cc3c2nc1C#N. The first-order chi connectivity index (χ1) is 11.7. The van der Waals surface area contributed by atoms with Crippen LogP contribution in [0.1, 0.15) is 11.4 Å². The Hall–Kier alpha value is -0.380. The molecule has 0 unspecified atom stereocenters. The molecule has 4 aromatic rings. The van der Waals surface area contributed by atoms with E-state index in [2.05, 4.69) is 64.5 Å². The molecule has 10 heteroatoms. The fourth-order valence-corrected chi connectivity index (χ4v) is 7.87. The summed E-state index contributed by atoms with van der Waals surface area (Å²) >= 11 is 7.99. The second-order valence-corrected chi connectivity index (χ2v) is 11.1. The number of fused-ring (bicyclic) bond motifs is 6. The number of hydrogen-bond donors (Lipinski definition) is 0. The third-order valence-electron chi connectivity index (χ3n) is 3.40. The van der Waals surface area contributed by atoms with Crippen LogP contribution in [0, 0.1) is 22.7 Å². The average Bonchev–Trinajstić information content (AvgIpc) is 3.24. The lowest BCUT2D eigenvalue weighted by atomic mass is 10.1. The van der Waals surface area contributed by atoms with Crippen molar-refractivity contribution in [2.75, 3.05) is 0 Å². The van der Waals surface area contributed by atoms with Gasteiger partial charge in [0.1, 0.15) is 12.1 Å². The van der Waals surface area contributed by atoms with Crippen LogP contribution in [-0.2, 0) is 0 Å². The van der Waals surface area contributed by atoms with Crippen molar-refractivity contribution in [3.8, 4) is 12.1 Å². The smallest absolute Gasteiger partial charge is 0.177 e. The Morgan fingerprint density at radius 1 is 0.833 bits per heavy atom. The fraction of sp³-hybridized carbons (Fsp3) is 0. The molecule has 0 aliphatic rings. The number of benzene rings is 1. The molecule has 0 saturated carbocycles. The van der Waals surface area contributed by atoms with Crippen LogP contribution < -0.4 is 0 Å². The van der Waals surface area contributed by atoms with Crippen LogP contribution in [0.3, 0.4) is 0 Å². The molecule has 4 nitrogen and oxygen atoms in total. The Labute approximate surface area is 176 Å². The van der Waals surface area contributed by atoms with Crippen molar-refractivity contribution in [1.82, 2.24) is 9.97 Å². The predicted octanol–water partition coefficient (Wildman–Crippen LogP) is 6.69. The van der Waals surface area contributed by atoms with Crippen LogP contribution >= 0.6 is 83.0 Å². The number of nitriles is 2. The zero-order valence-electron chi connectivity index (χ0n) is 11.3. The molecule has 4 rings (SSSR count). The van der Waals surface area contributed by atoms with Crippen molar-refractivity contribution in [2.45, 2.75) is 8.42 Å². The zero-order valence-corrected chi connectivity index (χ0v) is 18.9. The largest absolute Gasteiger partial charge is 0.232 e. The van der Waals surface area contributed by atoms with Gasteiger partial charge in [-0.05, 0) is 30.0 Å². The minimum Gasteiger partial charge on any atom is -0.232 e. The maximum atomic E-state index is 9.28. The highest BCUT2D eigenvalue weighted by Gasteiger charge is 2.19. The summed E-state index contributed by atoms with van der Waals surface area (Å²) in [6.45, 7) is 0. The van der Waals surface area contributed by atoms with Crippen molar-refractivity contribution < 1.29 is 0 Å². The first-order valence-corrected chi connectivity index (χ1v) is 14.6. The summed E-state index contributed by atoms with van der Waals surface area (Å²) in [7, 11) is 3.33. The van der Waals surface area contributed by atoms with Crippen LogP contribution in [0.4, 0.5) is 0 Å². The van der Waals surface area contributed by atoms with Crippen LogP contribution in [0.25, 0.3) is 31.2 Å². The predicted molar refractivity (Wildman–Crippen MR) is 119 cm³/mol. The topological polar surface area (TPSA) is 73.4 Å². The van der Waals surface area contributed by atoms with Gasteiger partial charge in [-0.2, -0.15) is 10.5 Å². The second-order valence-electron chi connectivity index (χ2n) is 4.61.